The number of allylic oxidation sites excluding steroid dienone is 1. The van der Waals surface area contributed by atoms with Gasteiger partial charge in [0.2, 0.25) is 6.79 Å². The van der Waals surface area contributed by atoms with E-state index in [0.717, 1.165) is 48.3 Å². The van der Waals surface area contributed by atoms with Gasteiger partial charge < -0.3 is 18.9 Å². The molecule has 0 saturated heterocycles. The van der Waals surface area contributed by atoms with Crippen LogP contribution in [0.2, 0.25) is 0 Å². The number of nitrogens with zero attached hydrogens (tertiary/aromatic N) is 1. The molecule has 0 spiro atoms. The average molecular weight is 504 g/mol. The standard InChI is InChI=1S/C31H37NO5/c1-24(2)31(33)35-19-11-9-7-5-3-4-6-8-10-18-34-28-15-13-26(14-16-28)27(22-32)20-25-12-17-29-30(21-25)37-23-36-29/h12-17,20-21H,1,3-11,18-19,23H2,2H3/b27-20+. The Hall–Kier alpha value is -3.72. The first-order chi connectivity index (χ1) is 18.1. The van der Waals surface area contributed by atoms with Crippen LogP contribution < -0.4 is 14.2 Å². The van der Waals surface area contributed by atoms with Crippen molar-refractivity contribution in [2.75, 3.05) is 20.0 Å². The summed E-state index contributed by atoms with van der Waals surface area (Å²) < 4.78 is 21.7. The molecule has 0 bridgehead atoms. The van der Waals surface area contributed by atoms with Gasteiger partial charge in [-0.25, -0.2) is 4.79 Å². The van der Waals surface area contributed by atoms with E-state index in [2.05, 4.69) is 12.6 Å². The largest absolute Gasteiger partial charge is 0.494 e. The minimum absolute atomic E-state index is 0.230. The van der Waals surface area contributed by atoms with Crippen molar-refractivity contribution in [2.45, 2.75) is 64.7 Å². The summed E-state index contributed by atoms with van der Waals surface area (Å²) in [5.41, 5.74) is 2.78. The van der Waals surface area contributed by atoms with Crippen LogP contribution in [0.5, 0.6) is 17.2 Å². The van der Waals surface area contributed by atoms with E-state index in [1.807, 2.05) is 48.5 Å². The van der Waals surface area contributed by atoms with E-state index in [1.54, 1.807) is 6.92 Å². The molecule has 0 saturated carbocycles. The molecule has 0 fully saturated rings. The van der Waals surface area contributed by atoms with Crippen LogP contribution in [0.1, 0.15) is 75.8 Å². The number of esters is 1. The van der Waals surface area contributed by atoms with Gasteiger partial charge >= 0.3 is 5.97 Å². The summed E-state index contributed by atoms with van der Waals surface area (Å²) in [7, 11) is 0. The van der Waals surface area contributed by atoms with Crippen LogP contribution in [0, 0.1) is 11.3 Å². The first-order valence-electron chi connectivity index (χ1n) is 13.1. The number of carbonyl (C=O) groups excluding carboxylic acids is 1. The van der Waals surface area contributed by atoms with Gasteiger partial charge in [0.1, 0.15) is 5.75 Å². The third-order valence-corrected chi connectivity index (χ3v) is 6.13. The second kappa shape index (κ2) is 15.4. The summed E-state index contributed by atoms with van der Waals surface area (Å²) in [6.45, 7) is 6.66. The van der Waals surface area contributed by atoms with Crippen molar-refractivity contribution in [1.29, 1.82) is 5.26 Å². The highest BCUT2D eigenvalue weighted by molar-refractivity contribution is 5.90. The van der Waals surface area contributed by atoms with Crippen molar-refractivity contribution in [3.8, 4) is 23.3 Å². The van der Waals surface area contributed by atoms with Gasteiger partial charge in [-0.2, -0.15) is 5.26 Å². The Morgan fingerprint density at radius 2 is 1.54 bits per heavy atom. The molecule has 196 valence electrons. The molecule has 3 rings (SSSR count). The normalized spacial score (nSPS) is 12.2. The fourth-order valence-electron chi connectivity index (χ4n) is 4.00. The highest BCUT2D eigenvalue weighted by Gasteiger charge is 2.13. The summed E-state index contributed by atoms with van der Waals surface area (Å²) in [6, 6.07) is 15.6. The summed E-state index contributed by atoms with van der Waals surface area (Å²) >= 11 is 0. The number of fused-ring (bicyclic) bond motifs is 1. The molecule has 2 aromatic rings. The van der Waals surface area contributed by atoms with Crippen LogP contribution in [0.25, 0.3) is 11.6 Å². The third kappa shape index (κ3) is 9.69. The Morgan fingerprint density at radius 1 is 0.919 bits per heavy atom. The Labute approximate surface area is 220 Å². The maximum atomic E-state index is 11.3. The number of hydrogen-bond acceptors (Lipinski definition) is 6. The molecule has 0 atom stereocenters. The van der Waals surface area contributed by atoms with Crippen LogP contribution in [0.15, 0.2) is 54.6 Å². The Kier molecular flexibility index (Phi) is 11.6. The van der Waals surface area contributed by atoms with E-state index in [-0.39, 0.29) is 12.8 Å². The van der Waals surface area contributed by atoms with E-state index in [9.17, 15) is 10.1 Å². The van der Waals surface area contributed by atoms with Gasteiger partial charge in [-0.3, -0.25) is 0 Å². The summed E-state index contributed by atoms with van der Waals surface area (Å²) in [4.78, 5) is 11.3. The molecule has 37 heavy (non-hydrogen) atoms. The zero-order valence-corrected chi connectivity index (χ0v) is 21.8. The number of nitriles is 1. The summed E-state index contributed by atoms with van der Waals surface area (Å²) in [5.74, 6) is 1.95. The highest BCUT2D eigenvalue weighted by atomic mass is 16.7. The van der Waals surface area contributed by atoms with E-state index in [4.69, 9.17) is 18.9 Å². The average Bonchev–Trinajstić information content (AvgIpc) is 3.38. The minimum atomic E-state index is -0.292. The van der Waals surface area contributed by atoms with Gasteiger partial charge in [-0.1, -0.05) is 57.6 Å². The first-order valence-corrected chi connectivity index (χ1v) is 13.1. The number of ether oxygens (including phenoxy) is 4. The van der Waals surface area contributed by atoms with Gasteiger partial charge in [0.15, 0.2) is 11.5 Å². The zero-order chi connectivity index (χ0) is 26.3. The zero-order valence-electron chi connectivity index (χ0n) is 21.8. The van der Waals surface area contributed by atoms with Gasteiger partial charge in [0, 0.05) is 5.57 Å². The van der Waals surface area contributed by atoms with Crippen molar-refractivity contribution in [3.63, 3.8) is 0 Å². The lowest BCUT2D eigenvalue weighted by atomic mass is 10.0. The Bertz CT molecular complexity index is 1100. The molecular formula is C31H37NO5. The molecule has 2 aromatic carbocycles. The molecule has 6 heteroatoms. The lowest BCUT2D eigenvalue weighted by molar-refractivity contribution is -0.139. The topological polar surface area (TPSA) is 77.8 Å². The van der Waals surface area contributed by atoms with Crippen molar-refractivity contribution in [1.82, 2.24) is 0 Å². The molecule has 6 nitrogen and oxygen atoms in total. The quantitative estimate of drug-likeness (QED) is 0.0776. The lowest BCUT2D eigenvalue weighted by Gasteiger charge is -2.08. The van der Waals surface area contributed by atoms with E-state index in [1.165, 1.54) is 32.1 Å². The predicted octanol–water partition coefficient (Wildman–Crippen LogP) is 7.49. The van der Waals surface area contributed by atoms with Crippen molar-refractivity contribution in [3.05, 3.63) is 65.7 Å². The molecule has 0 amide bonds. The molecule has 0 unspecified atom stereocenters. The third-order valence-electron chi connectivity index (χ3n) is 6.13. The van der Waals surface area contributed by atoms with Crippen LogP contribution in [0.4, 0.5) is 0 Å². The number of carbonyl (C=O) groups is 1. The fraction of sp³-hybridized carbons (Fsp3) is 0.419. The maximum absolute atomic E-state index is 11.3. The molecule has 0 radical (unpaired) electrons. The van der Waals surface area contributed by atoms with Gasteiger partial charge in [-0.15, -0.1) is 0 Å². The van der Waals surface area contributed by atoms with Crippen molar-refractivity contribution < 1.29 is 23.7 Å². The number of rotatable bonds is 16. The van der Waals surface area contributed by atoms with E-state index in [0.29, 0.717) is 30.1 Å². The van der Waals surface area contributed by atoms with E-state index < -0.39 is 0 Å². The molecule has 0 aliphatic carbocycles. The predicted molar refractivity (Wildman–Crippen MR) is 145 cm³/mol. The van der Waals surface area contributed by atoms with Gasteiger partial charge in [-0.05, 0) is 73.4 Å². The maximum Gasteiger partial charge on any atom is 0.333 e. The number of unbranched alkanes of at least 4 members (excludes halogenated alkanes) is 8. The molecule has 0 N–H and O–H groups in total. The SMILES string of the molecule is C=C(C)C(=O)OCCCCCCCCCCCOc1ccc(/C(C#N)=C/c2ccc3c(c2)OCO3)cc1. The van der Waals surface area contributed by atoms with Crippen LogP contribution in [-0.4, -0.2) is 26.0 Å². The fourth-order valence-corrected chi connectivity index (χ4v) is 4.00. The summed E-state index contributed by atoms with van der Waals surface area (Å²) in [6.07, 6.45) is 12.2. The second-order valence-electron chi connectivity index (χ2n) is 9.25. The van der Waals surface area contributed by atoms with Crippen LogP contribution in [-0.2, 0) is 9.53 Å². The second-order valence-corrected chi connectivity index (χ2v) is 9.25. The molecule has 1 heterocycles. The Balaban J connectivity index is 1.25. The molecule has 1 aliphatic heterocycles. The number of benzene rings is 2. The molecule has 0 aromatic heterocycles. The van der Waals surface area contributed by atoms with Gasteiger partial charge in [0.05, 0.1) is 24.9 Å². The van der Waals surface area contributed by atoms with Crippen LogP contribution in [0.3, 0.4) is 0 Å². The van der Waals surface area contributed by atoms with Gasteiger partial charge in [0.25, 0.3) is 0 Å². The van der Waals surface area contributed by atoms with Crippen molar-refractivity contribution >= 4 is 17.6 Å². The Morgan fingerprint density at radius 3 is 2.19 bits per heavy atom. The van der Waals surface area contributed by atoms with Crippen molar-refractivity contribution in [2.24, 2.45) is 0 Å². The summed E-state index contributed by atoms with van der Waals surface area (Å²) in [5, 5.41) is 9.64. The number of hydrogen-bond donors (Lipinski definition) is 0. The lowest BCUT2D eigenvalue weighted by Crippen LogP contribution is -2.05. The molecular weight excluding hydrogens is 466 g/mol. The minimum Gasteiger partial charge on any atom is -0.494 e. The smallest absolute Gasteiger partial charge is 0.333 e. The van der Waals surface area contributed by atoms with E-state index >= 15 is 0 Å². The highest BCUT2D eigenvalue weighted by Crippen LogP contribution is 2.33. The monoisotopic (exact) mass is 503 g/mol. The first kappa shape index (κ1) is 27.9. The van der Waals surface area contributed by atoms with Crippen LogP contribution >= 0.6 is 0 Å². The molecule has 1 aliphatic rings.